The number of oxime groups is 1. The van der Waals surface area contributed by atoms with Gasteiger partial charge in [-0.05, 0) is 32.8 Å². The molecule has 1 amide bonds. The van der Waals surface area contributed by atoms with Crippen LogP contribution in [-0.4, -0.2) is 45.2 Å². The van der Waals surface area contributed by atoms with E-state index < -0.39 is 5.60 Å². The number of carbonyl (C=O) groups excluding carboxylic acids is 1. The molecule has 1 aromatic carbocycles. The Balaban J connectivity index is 1.48. The second-order valence-electron chi connectivity index (χ2n) is 7.69. The van der Waals surface area contributed by atoms with Gasteiger partial charge in [0.15, 0.2) is 0 Å². The maximum atomic E-state index is 13.3. The maximum absolute atomic E-state index is 13.3. The lowest BCUT2D eigenvalue weighted by Gasteiger charge is -2.36. The van der Waals surface area contributed by atoms with Crippen molar-refractivity contribution in [3.8, 4) is 0 Å². The molecule has 28 heavy (non-hydrogen) atoms. The molecule has 1 aromatic heterocycles. The fourth-order valence-electron chi connectivity index (χ4n) is 3.91. The van der Waals surface area contributed by atoms with Crippen molar-refractivity contribution in [2.75, 3.05) is 13.1 Å². The summed E-state index contributed by atoms with van der Waals surface area (Å²) < 4.78 is 0. The highest BCUT2D eigenvalue weighted by Crippen LogP contribution is 2.33. The average molecular weight is 399 g/mol. The lowest BCUT2D eigenvalue weighted by Crippen LogP contribution is -2.50. The fraction of sp³-hybridized carbons (Fsp3) is 0.429. The minimum Gasteiger partial charge on any atom is -0.379 e. The van der Waals surface area contributed by atoms with E-state index in [9.17, 15) is 4.79 Å². The van der Waals surface area contributed by atoms with Crippen LogP contribution in [0.4, 0.5) is 0 Å². The van der Waals surface area contributed by atoms with Crippen molar-refractivity contribution in [1.29, 1.82) is 0 Å². The summed E-state index contributed by atoms with van der Waals surface area (Å²) in [6, 6.07) is 7.48. The first kappa shape index (κ1) is 18.9. The summed E-state index contributed by atoms with van der Waals surface area (Å²) in [6.45, 7) is 5.08. The van der Waals surface area contributed by atoms with Crippen LogP contribution in [0.3, 0.4) is 0 Å². The van der Waals surface area contributed by atoms with Gasteiger partial charge in [-0.2, -0.15) is 0 Å². The monoisotopic (exact) mass is 398 g/mol. The zero-order valence-electron chi connectivity index (χ0n) is 16.1. The van der Waals surface area contributed by atoms with Crippen LogP contribution in [0.5, 0.6) is 0 Å². The number of hydrogen-bond acceptors (Lipinski definition) is 5. The second kappa shape index (κ2) is 7.51. The van der Waals surface area contributed by atoms with Crippen LogP contribution in [-0.2, 0) is 9.63 Å². The molecular formula is C21H23ClN4O2. The van der Waals surface area contributed by atoms with Crippen LogP contribution in [0.1, 0.15) is 49.1 Å². The van der Waals surface area contributed by atoms with E-state index in [1.165, 1.54) is 0 Å². The van der Waals surface area contributed by atoms with Gasteiger partial charge in [0.05, 0.1) is 17.1 Å². The van der Waals surface area contributed by atoms with Gasteiger partial charge in [0.2, 0.25) is 5.60 Å². The van der Waals surface area contributed by atoms with Gasteiger partial charge in [0.25, 0.3) is 5.91 Å². The van der Waals surface area contributed by atoms with E-state index in [2.05, 4.69) is 15.1 Å². The van der Waals surface area contributed by atoms with Gasteiger partial charge in [-0.3, -0.25) is 14.8 Å². The zero-order valence-corrected chi connectivity index (χ0v) is 16.8. The summed E-state index contributed by atoms with van der Waals surface area (Å²) in [4.78, 5) is 29.7. The lowest BCUT2D eigenvalue weighted by atomic mass is 9.90. The number of likely N-dealkylation sites (tertiary alicyclic amines) is 1. The number of amides is 1. The molecular weight excluding hydrogens is 376 g/mol. The summed E-state index contributed by atoms with van der Waals surface area (Å²) in [5.74, 6) is 0.155. The first-order valence-corrected chi connectivity index (χ1v) is 9.92. The van der Waals surface area contributed by atoms with Gasteiger partial charge in [0.1, 0.15) is 0 Å². The summed E-state index contributed by atoms with van der Waals surface area (Å²) >= 11 is 6.28. The molecule has 4 rings (SSSR count). The SMILES string of the molecule is Cc1cncc([C@@H]2CCCN(C(=O)[C@@]3(C)CC(c4ccccc4Cl)=NO3)C2)n1. The summed E-state index contributed by atoms with van der Waals surface area (Å²) in [7, 11) is 0. The van der Waals surface area contributed by atoms with E-state index in [0.717, 1.165) is 36.3 Å². The van der Waals surface area contributed by atoms with Gasteiger partial charge >= 0.3 is 0 Å². The van der Waals surface area contributed by atoms with Crippen LogP contribution in [0.15, 0.2) is 41.8 Å². The van der Waals surface area contributed by atoms with Crippen LogP contribution >= 0.6 is 11.6 Å². The van der Waals surface area contributed by atoms with E-state index >= 15 is 0 Å². The van der Waals surface area contributed by atoms with Crippen molar-refractivity contribution in [2.24, 2.45) is 5.16 Å². The quantitative estimate of drug-likeness (QED) is 0.790. The standard InChI is InChI=1S/C21H23ClN4O2/c1-14-11-23-12-19(24-14)15-6-5-9-26(13-15)20(27)21(2)10-18(25-28-21)16-7-3-4-8-17(16)22/h3-4,7-8,11-12,15H,5-6,9-10,13H2,1-2H3/t15-,21-/m1/s1. The lowest BCUT2D eigenvalue weighted by molar-refractivity contribution is -0.154. The van der Waals surface area contributed by atoms with Crippen molar-refractivity contribution in [3.05, 3.63) is 58.6 Å². The van der Waals surface area contributed by atoms with E-state index in [1.54, 1.807) is 19.3 Å². The Morgan fingerprint density at radius 3 is 2.93 bits per heavy atom. The third-order valence-corrected chi connectivity index (χ3v) is 5.73. The third kappa shape index (κ3) is 3.61. The molecule has 0 spiro atoms. The molecule has 3 heterocycles. The van der Waals surface area contributed by atoms with Crippen molar-refractivity contribution >= 4 is 23.2 Å². The predicted molar refractivity (Wildman–Crippen MR) is 107 cm³/mol. The Morgan fingerprint density at radius 2 is 2.14 bits per heavy atom. The maximum Gasteiger partial charge on any atom is 0.269 e. The second-order valence-corrected chi connectivity index (χ2v) is 8.10. The number of aromatic nitrogens is 2. The largest absolute Gasteiger partial charge is 0.379 e. The molecule has 2 aliphatic heterocycles. The minimum absolute atomic E-state index is 0.0383. The number of benzene rings is 1. The smallest absolute Gasteiger partial charge is 0.269 e. The molecule has 146 valence electrons. The highest BCUT2D eigenvalue weighted by molar-refractivity contribution is 6.34. The van der Waals surface area contributed by atoms with Gasteiger partial charge in [-0.1, -0.05) is 35.0 Å². The molecule has 0 saturated carbocycles. The van der Waals surface area contributed by atoms with Crippen LogP contribution in [0.25, 0.3) is 0 Å². The topological polar surface area (TPSA) is 67.7 Å². The number of piperidine rings is 1. The number of hydrogen-bond donors (Lipinski definition) is 0. The Hall–Kier alpha value is -2.47. The van der Waals surface area contributed by atoms with E-state index in [4.69, 9.17) is 16.4 Å². The van der Waals surface area contributed by atoms with Crippen molar-refractivity contribution in [3.63, 3.8) is 0 Å². The van der Waals surface area contributed by atoms with Crippen LogP contribution in [0.2, 0.25) is 5.02 Å². The van der Waals surface area contributed by atoms with E-state index in [1.807, 2.05) is 36.1 Å². The van der Waals surface area contributed by atoms with Crippen molar-refractivity contribution in [2.45, 2.75) is 44.6 Å². The Kier molecular flexibility index (Phi) is 5.06. The molecule has 1 saturated heterocycles. The number of rotatable bonds is 3. The molecule has 2 aliphatic rings. The predicted octanol–water partition coefficient (Wildman–Crippen LogP) is 3.73. The molecule has 1 fully saturated rings. The normalized spacial score (nSPS) is 24.6. The van der Waals surface area contributed by atoms with Crippen molar-refractivity contribution in [1.82, 2.24) is 14.9 Å². The third-order valence-electron chi connectivity index (χ3n) is 5.40. The number of halogens is 1. The molecule has 2 aromatic rings. The van der Waals surface area contributed by atoms with Crippen LogP contribution < -0.4 is 0 Å². The average Bonchev–Trinajstić information content (AvgIpc) is 3.11. The van der Waals surface area contributed by atoms with Gasteiger partial charge in [0, 0.05) is 48.4 Å². The molecule has 7 heteroatoms. The highest BCUT2D eigenvalue weighted by Gasteiger charge is 2.46. The molecule has 0 N–H and O–H groups in total. The number of carbonyl (C=O) groups is 1. The Morgan fingerprint density at radius 1 is 1.32 bits per heavy atom. The summed E-state index contributed by atoms with van der Waals surface area (Å²) in [5, 5.41) is 4.80. The summed E-state index contributed by atoms with van der Waals surface area (Å²) in [5.41, 5.74) is 2.36. The van der Waals surface area contributed by atoms with Gasteiger partial charge in [-0.25, -0.2) is 0 Å². The first-order chi connectivity index (χ1) is 13.5. The van der Waals surface area contributed by atoms with E-state index in [-0.39, 0.29) is 11.8 Å². The molecule has 0 unspecified atom stereocenters. The molecule has 0 aliphatic carbocycles. The highest BCUT2D eigenvalue weighted by atomic mass is 35.5. The first-order valence-electron chi connectivity index (χ1n) is 9.54. The Labute approximate surface area is 169 Å². The molecule has 0 bridgehead atoms. The Bertz CT molecular complexity index is 932. The summed E-state index contributed by atoms with van der Waals surface area (Å²) in [6.07, 6.45) is 5.89. The van der Waals surface area contributed by atoms with Crippen LogP contribution in [0, 0.1) is 6.92 Å². The van der Waals surface area contributed by atoms with Crippen molar-refractivity contribution < 1.29 is 9.63 Å². The molecule has 0 radical (unpaired) electrons. The number of aryl methyl sites for hydroxylation is 1. The van der Waals surface area contributed by atoms with Gasteiger partial charge < -0.3 is 9.74 Å². The minimum atomic E-state index is -1.01. The van der Waals surface area contributed by atoms with Gasteiger partial charge in [-0.15, -0.1) is 0 Å². The van der Waals surface area contributed by atoms with E-state index in [0.29, 0.717) is 23.7 Å². The molecule has 6 nitrogen and oxygen atoms in total. The fourth-order valence-corrected chi connectivity index (χ4v) is 4.16. The molecule has 2 atom stereocenters. The zero-order chi connectivity index (χ0) is 19.7. The number of nitrogens with zero attached hydrogens (tertiary/aromatic N) is 4.